The van der Waals surface area contributed by atoms with Crippen LogP contribution in [0.2, 0.25) is 0 Å². The summed E-state index contributed by atoms with van der Waals surface area (Å²) in [5.41, 5.74) is -1.20. The molecular weight excluding hydrogens is 299 g/mol. The topological polar surface area (TPSA) is 22.0 Å². The van der Waals surface area contributed by atoms with Crippen molar-refractivity contribution in [3.05, 3.63) is 34.2 Å². The normalized spacial score (nSPS) is 13.7. The summed E-state index contributed by atoms with van der Waals surface area (Å²) in [4.78, 5) is 11.4. The maximum atomic E-state index is 12.5. The predicted octanol–water partition coefficient (Wildman–Crippen LogP) is 3.29. The van der Waals surface area contributed by atoms with E-state index in [4.69, 9.17) is 0 Å². The van der Waals surface area contributed by atoms with Gasteiger partial charge < -0.3 is 4.57 Å². The number of rotatable bonds is 4. The standard InChI is InChI=1S/C11H13BrF3NO/c1-2-8(5-12)6-16-7-9(11(13,14)15)3-4-10(16)17/h3-4,7-8H,2,5-6H2,1H3. The minimum absolute atomic E-state index is 0.149. The molecule has 1 heterocycles. The molecule has 0 aliphatic rings. The molecule has 2 nitrogen and oxygen atoms in total. The molecule has 0 radical (unpaired) electrons. The lowest BCUT2D eigenvalue weighted by atomic mass is 10.1. The minimum Gasteiger partial charge on any atom is -0.315 e. The Labute approximate surface area is 106 Å². The molecular formula is C11H13BrF3NO. The van der Waals surface area contributed by atoms with Crippen LogP contribution in [0.3, 0.4) is 0 Å². The average molecular weight is 312 g/mol. The van der Waals surface area contributed by atoms with Gasteiger partial charge in [-0.1, -0.05) is 29.3 Å². The number of hydrogen-bond donors (Lipinski definition) is 0. The van der Waals surface area contributed by atoms with Crippen molar-refractivity contribution in [3.8, 4) is 0 Å². The van der Waals surface area contributed by atoms with Crippen molar-refractivity contribution >= 4 is 15.9 Å². The predicted molar refractivity (Wildman–Crippen MR) is 63.3 cm³/mol. The van der Waals surface area contributed by atoms with Crippen LogP contribution in [0.4, 0.5) is 13.2 Å². The zero-order valence-corrected chi connectivity index (χ0v) is 10.9. The third-order valence-corrected chi connectivity index (χ3v) is 3.48. The third kappa shape index (κ3) is 3.87. The summed E-state index contributed by atoms with van der Waals surface area (Å²) in [5, 5.41) is 0.659. The fourth-order valence-corrected chi connectivity index (χ4v) is 2.07. The van der Waals surface area contributed by atoms with Crippen LogP contribution in [-0.2, 0) is 12.7 Å². The molecule has 0 bridgehead atoms. The molecule has 0 aliphatic carbocycles. The minimum atomic E-state index is -4.41. The molecule has 0 aromatic carbocycles. The summed E-state index contributed by atoms with van der Waals surface area (Å²) >= 11 is 3.28. The van der Waals surface area contributed by atoms with E-state index in [0.717, 1.165) is 29.3 Å². The number of alkyl halides is 4. The van der Waals surface area contributed by atoms with Crippen LogP contribution < -0.4 is 5.56 Å². The first-order chi connectivity index (χ1) is 7.88. The van der Waals surface area contributed by atoms with Crippen LogP contribution in [0.5, 0.6) is 0 Å². The van der Waals surface area contributed by atoms with Gasteiger partial charge in [0.25, 0.3) is 5.56 Å². The van der Waals surface area contributed by atoms with E-state index in [0.29, 0.717) is 11.9 Å². The van der Waals surface area contributed by atoms with Gasteiger partial charge in [-0.25, -0.2) is 0 Å². The van der Waals surface area contributed by atoms with Crippen molar-refractivity contribution in [1.29, 1.82) is 0 Å². The van der Waals surface area contributed by atoms with Crippen molar-refractivity contribution in [3.63, 3.8) is 0 Å². The number of pyridine rings is 1. The van der Waals surface area contributed by atoms with Crippen LogP contribution in [0.15, 0.2) is 23.1 Å². The second kappa shape index (κ2) is 5.71. The Morgan fingerprint density at radius 3 is 2.53 bits per heavy atom. The molecule has 0 spiro atoms. The van der Waals surface area contributed by atoms with Gasteiger partial charge in [-0.3, -0.25) is 4.79 Å². The van der Waals surface area contributed by atoms with Crippen LogP contribution >= 0.6 is 15.9 Å². The lowest BCUT2D eigenvalue weighted by Gasteiger charge is -2.15. The zero-order valence-electron chi connectivity index (χ0n) is 9.30. The highest BCUT2D eigenvalue weighted by Gasteiger charge is 2.31. The van der Waals surface area contributed by atoms with Gasteiger partial charge in [0.15, 0.2) is 0 Å². The van der Waals surface area contributed by atoms with E-state index in [1.54, 1.807) is 0 Å². The molecule has 0 aliphatic heterocycles. The van der Waals surface area contributed by atoms with E-state index in [9.17, 15) is 18.0 Å². The van der Waals surface area contributed by atoms with E-state index in [-0.39, 0.29) is 5.92 Å². The first-order valence-electron chi connectivity index (χ1n) is 5.22. The van der Waals surface area contributed by atoms with Gasteiger partial charge >= 0.3 is 6.18 Å². The second-order valence-corrected chi connectivity index (χ2v) is 4.48. The van der Waals surface area contributed by atoms with E-state index < -0.39 is 17.3 Å². The molecule has 0 saturated heterocycles. The molecule has 0 saturated carbocycles. The molecule has 6 heteroatoms. The highest BCUT2D eigenvalue weighted by Crippen LogP contribution is 2.28. The summed E-state index contributed by atoms with van der Waals surface area (Å²) in [7, 11) is 0. The summed E-state index contributed by atoms with van der Waals surface area (Å²) in [6, 6.07) is 1.78. The quantitative estimate of drug-likeness (QED) is 0.782. The summed E-state index contributed by atoms with van der Waals surface area (Å²) in [5.74, 6) is 0.149. The van der Waals surface area contributed by atoms with Crippen LogP contribution in [-0.4, -0.2) is 9.90 Å². The first kappa shape index (κ1) is 14.3. The molecule has 17 heavy (non-hydrogen) atoms. The van der Waals surface area contributed by atoms with Gasteiger partial charge in [0.1, 0.15) is 0 Å². The second-order valence-electron chi connectivity index (χ2n) is 3.83. The summed E-state index contributed by atoms with van der Waals surface area (Å²) < 4.78 is 38.6. The van der Waals surface area contributed by atoms with Gasteiger partial charge in [-0.2, -0.15) is 13.2 Å². The SMILES string of the molecule is CCC(CBr)Cn1cc(C(F)(F)F)ccc1=O. The van der Waals surface area contributed by atoms with Crippen LogP contribution in [0.1, 0.15) is 18.9 Å². The molecule has 1 aromatic heterocycles. The molecule has 0 N–H and O–H groups in total. The number of halogens is 4. The van der Waals surface area contributed by atoms with Gasteiger partial charge in [-0.15, -0.1) is 0 Å². The number of hydrogen-bond acceptors (Lipinski definition) is 1. The van der Waals surface area contributed by atoms with Crippen molar-refractivity contribution < 1.29 is 13.2 Å². The summed E-state index contributed by atoms with van der Waals surface area (Å²) in [6.07, 6.45) is -2.73. The lowest BCUT2D eigenvalue weighted by Crippen LogP contribution is -2.25. The third-order valence-electron chi connectivity index (χ3n) is 2.56. The Balaban J connectivity index is 3.03. The van der Waals surface area contributed by atoms with E-state index in [1.165, 1.54) is 0 Å². The number of aromatic nitrogens is 1. The van der Waals surface area contributed by atoms with E-state index in [1.807, 2.05) is 6.92 Å². The molecule has 1 unspecified atom stereocenters. The molecule has 0 fully saturated rings. The van der Waals surface area contributed by atoms with Gasteiger partial charge in [0.05, 0.1) is 5.56 Å². The van der Waals surface area contributed by atoms with Crippen LogP contribution in [0.25, 0.3) is 0 Å². The zero-order chi connectivity index (χ0) is 13.1. The maximum Gasteiger partial charge on any atom is 0.417 e. The Morgan fingerprint density at radius 2 is 2.06 bits per heavy atom. The molecule has 1 rings (SSSR count). The van der Waals surface area contributed by atoms with Crippen LogP contribution in [0, 0.1) is 5.92 Å². The van der Waals surface area contributed by atoms with Gasteiger partial charge in [0.2, 0.25) is 0 Å². The Kier molecular flexibility index (Phi) is 4.80. The highest BCUT2D eigenvalue weighted by atomic mass is 79.9. The van der Waals surface area contributed by atoms with Gasteiger partial charge in [-0.05, 0) is 12.0 Å². The molecule has 1 atom stereocenters. The largest absolute Gasteiger partial charge is 0.417 e. The van der Waals surface area contributed by atoms with Crippen molar-refractivity contribution in [2.24, 2.45) is 5.92 Å². The van der Waals surface area contributed by atoms with Crippen molar-refractivity contribution in [2.75, 3.05) is 5.33 Å². The van der Waals surface area contributed by atoms with Crippen molar-refractivity contribution in [2.45, 2.75) is 26.1 Å². The average Bonchev–Trinajstić information content (AvgIpc) is 2.26. The fraction of sp³-hybridized carbons (Fsp3) is 0.545. The summed E-state index contributed by atoms with van der Waals surface area (Å²) in [6.45, 7) is 2.23. The maximum absolute atomic E-state index is 12.5. The van der Waals surface area contributed by atoms with Gasteiger partial charge in [0, 0.05) is 24.1 Å². The fourth-order valence-electron chi connectivity index (χ4n) is 1.41. The lowest BCUT2D eigenvalue weighted by molar-refractivity contribution is -0.138. The molecule has 1 aromatic rings. The monoisotopic (exact) mass is 311 g/mol. The van der Waals surface area contributed by atoms with E-state index in [2.05, 4.69) is 15.9 Å². The first-order valence-corrected chi connectivity index (χ1v) is 6.34. The number of nitrogens with zero attached hydrogens (tertiary/aromatic N) is 1. The Hall–Kier alpha value is -0.780. The molecule has 96 valence electrons. The Bertz CT molecular complexity index is 423. The highest BCUT2D eigenvalue weighted by molar-refractivity contribution is 9.09. The van der Waals surface area contributed by atoms with E-state index >= 15 is 0 Å². The molecule has 0 amide bonds. The Morgan fingerprint density at radius 1 is 1.41 bits per heavy atom. The van der Waals surface area contributed by atoms with Crippen molar-refractivity contribution in [1.82, 2.24) is 4.57 Å². The smallest absolute Gasteiger partial charge is 0.315 e.